The lowest BCUT2D eigenvalue weighted by Gasteiger charge is -2.33. The highest BCUT2D eigenvalue weighted by Crippen LogP contribution is 2.16. The van der Waals surface area contributed by atoms with E-state index in [-0.39, 0.29) is 5.91 Å². The highest BCUT2D eigenvalue weighted by molar-refractivity contribution is 5.78. The van der Waals surface area contributed by atoms with Gasteiger partial charge in [0.15, 0.2) is 0 Å². The van der Waals surface area contributed by atoms with Crippen molar-refractivity contribution in [3.63, 3.8) is 0 Å². The van der Waals surface area contributed by atoms with Crippen molar-refractivity contribution in [3.8, 4) is 0 Å². The molecule has 18 heavy (non-hydrogen) atoms. The molecule has 1 aliphatic heterocycles. The summed E-state index contributed by atoms with van der Waals surface area (Å²) in [7, 11) is 2.13. The molecule has 1 saturated carbocycles. The SMILES string of the molecule is CN1CCN(CC(=O)N[C@H]2CC[C@@H](N)CC2)CC1. The molecule has 104 valence electrons. The van der Waals surface area contributed by atoms with E-state index in [1.165, 1.54) is 0 Å². The molecule has 0 spiro atoms. The van der Waals surface area contributed by atoms with E-state index in [4.69, 9.17) is 5.73 Å². The molecule has 0 aromatic carbocycles. The number of likely N-dealkylation sites (N-methyl/N-ethyl adjacent to an activating group) is 1. The number of hydrogen-bond acceptors (Lipinski definition) is 4. The van der Waals surface area contributed by atoms with Crippen LogP contribution in [0.4, 0.5) is 0 Å². The van der Waals surface area contributed by atoms with Crippen molar-refractivity contribution in [2.24, 2.45) is 5.73 Å². The Morgan fingerprint density at radius 2 is 1.78 bits per heavy atom. The van der Waals surface area contributed by atoms with Gasteiger partial charge in [-0.15, -0.1) is 0 Å². The zero-order valence-electron chi connectivity index (χ0n) is 11.4. The van der Waals surface area contributed by atoms with E-state index < -0.39 is 0 Å². The number of piperazine rings is 1. The largest absolute Gasteiger partial charge is 0.352 e. The maximum atomic E-state index is 11.9. The minimum absolute atomic E-state index is 0.181. The Kier molecular flexibility index (Phi) is 4.97. The summed E-state index contributed by atoms with van der Waals surface area (Å²) in [6.07, 6.45) is 4.16. The fourth-order valence-corrected chi connectivity index (χ4v) is 2.75. The van der Waals surface area contributed by atoms with Gasteiger partial charge in [-0.2, -0.15) is 0 Å². The van der Waals surface area contributed by atoms with Gasteiger partial charge in [-0.25, -0.2) is 0 Å². The zero-order valence-corrected chi connectivity index (χ0v) is 11.4. The van der Waals surface area contributed by atoms with E-state index in [1.54, 1.807) is 0 Å². The molecule has 5 heteroatoms. The first-order chi connectivity index (χ1) is 8.63. The topological polar surface area (TPSA) is 61.6 Å². The second-order valence-corrected chi connectivity index (χ2v) is 5.76. The van der Waals surface area contributed by atoms with Crippen LogP contribution in [0.25, 0.3) is 0 Å². The molecule has 0 radical (unpaired) electrons. The number of amides is 1. The van der Waals surface area contributed by atoms with Crippen LogP contribution in [-0.4, -0.2) is 67.6 Å². The molecule has 2 rings (SSSR count). The van der Waals surface area contributed by atoms with E-state index in [0.29, 0.717) is 18.6 Å². The van der Waals surface area contributed by atoms with Crippen molar-refractivity contribution in [1.29, 1.82) is 0 Å². The first-order valence-electron chi connectivity index (χ1n) is 7.09. The molecule has 1 heterocycles. The quantitative estimate of drug-likeness (QED) is 0.721. The van der Waals surface area contributed by atoms with Crippen molar-refractivity contribution in [2.75, 3.05) is 39.8 Å². The summed E-state index contributed by atoms with van der Waals surface area (Å²) >= 11 is 0. The Balaban J connectivity index is 1.66. The number of carbonyl (C=O) groups excluding carboxylic acids is 1. The van der Waals surface area contributed by atoms with Crippen LogP contribution in [0.15, 0.2) is 0 Å². The summed E-state index contributed by atoms with van der Waals surface area (Å²) in [5.41, 5.74) is 5.86. The Bertz CT molecular complexity index is 242. The second kappa shape index (κ2) is 6.50. The molecule has 0 aromatic heterocycles. The fraction of sp³-hybridized carbons (Fsp3) is 0.923. The Morgan fingerprint density at radius 1 is 1.17 bits per heavy atom. The first-order valence-corrected chi connectivity index (χ1v) is 7.09. The first kappa shape index (κ1) is 13.8. The summed E-state index contributed by atoms with van der Waals surface area (Å²) < 4.78 is 0. The maximum Gasteiger partial charge on any atom is 0.234 e. The lowest BCUT2D eigenvalue weighted by atomic mass is 9.92. The molecular weight excluding hydrogens is 228 g/mol. The molecule has 2 fully saturated rings. The molecule has 0 unspecified atom stereocenters. The lowest BCUT2D eigenvalue weighted by Crippen LogP contribution is -2.50. The number of hydrogen-bond donors (Lipinski definition) is 2. The van der Waals surface area contributed by atoms with Crippen LogP contribution >= 0.6 is 0 Å². The molecule has 0 bridgehead atoms. The van der Waals surface area contributed by atoms with Crippen LogP contribution in [0.3, 0.4) is 0 Å². The molecular formula is C13H26N4O. The highest BCUT2D eigenvalue weighted by atomic mass is 16.2. The number of nitrogens with one attached hydrogen (secondary N) is 1. The molecule has 0 aromatic rings. The Labute approximate surface area is 110 Å². The van der Waals surface area contributed by atoms with Gasteiger partial charge in [0.25, 0.3) is 0 Å². The number of carbonyl (C=O) groups is 1. The third-order valence-electron chi connectivity index (χ3n) is 4.10. The lowest BCUT2D eigenvalue weighted by molar-refractivity contribution is -0.123. The summed E-state index contributed by atoms with van der Waals surface area (Å²) in [5.74, 6) is 0.181. The molecule has 1 saturated heterocycles. The fourth-order valence-electron chi connectivity index (χ4n) is 2.75. The van der Waals surface area contributed by atoms with E-state index in [2.05, 4.69) is 22.2 Å². The minimum Gasteiger partial charge on any atom is -0.352 e. The van der Waals surface area contributed by atoms with Gasteiger partial charge >= 0.3 is 0 Å². The third-order valence-corrected chi connectivity index (χ3v) is 4.10. The van der Waals surface area contributed by atoms with Gasteiger partial charge in [-0.05, 0) is 32.7 Å². The second-order valence-electron chi connectivity index (χ2n) is 5.76. The van der Waals surface area contributed by atoms with Crippen molar-refractivity contribution in [1.82, 2.24) is 15.1 Å². The smallest absolute Gasteiger partial charge is 0.234 e. The molecule has 1 amide bonds. The molecule has 0 atom stereocenters. The molecule has 5 nitrogen and oxygen atoms in total. The van der Waals surface area contributed by atoms with Gasteiger partial charge in [0.05, 0.1) is 6.54 Å². The molecule has 3 N–H and O–H groups in total. The van der Waals surface area contributed by atoms with Crippen LogP contribution in [0.2, 0.25) is 0 Å². The van der Waals surface area contributed by atoms with Gasteiger partial charge < -0.3 is 16.0 Å². The average Bonchev–Trinajstić information content (AvgIpc) is 2.35. The van der Waals surface area contributed by atoms with Gasteiger partial charge in [0.1, 0.15) is 0 Å². The van der Waals surface area contributed by atoms with Crippen LogP contribution in [0.5, 0.6) is 0 Å². The van der Waals surface area contributed by atoms with Crippen molar-refractivity contribution < 1.29 is 4.79 Å². The average molecular weight is 254 g/mol. The Morgan fingerprint density at radius 3 is 2.39 bits per heavy atom. The number of nitrogens with two attached hydrogens (primary N) is 1. The van der Waals surface area contributed by atoms with Crippen molar-refractivity contribution in [3.05, 3.63) is 0 Å². The van der Waals surface area contributed by atoms with Gasteiger partial charge in [0.2, 0.25) is 5.91 Å². The van der Waals surface area contributed by atoms with E-state index in [1.807, 2.05) is 0 Å². The van der Waals surface area contributed by atoms with Crippen LogP contribution < -0.4 is 11.1 Å². The predicted octanol–water partition coefficient (Wildman–Crippen LogP) is -0.380. The van der Waals surface area contributed by atoms with Gasteiger partial charge in [-0.1, -0.05) is 0 Å². The van der Waals surface area contributed by atoms with E-state index in [9.17, 15) is 4.79 Å². The normalized spacial score (nSPS) is 31.2. The standard InChI is InChI=1S/C13H26N4O/c1-16-6-8-17(9-7-16)10-13(18)15-12-4-2-11(14)3-5-12/h11-12H,2-10,14H2,1H3,(H,15,18)/t11-,12+. The van der Waals surface area contributed by atoms with Crippen LogP contribution in [0, 0.1) is 0 Å². The monoisotopic (exact) mass is 254 g/mol. The van der Waals surface area contributed by atoms with E-state index in [0.717, 1.165) is 51.9 Å². The number of rotatable bonds is 3. The summed E-state index contributed by atoms with van der Waals surface area (Å²) in [4.78, 5) is 16.5. The van der Waals surface area contributed by atoms with Crippen molar-refractivity contribution in [2.45, 2.75) is 37.8 Å². The number of nitrogens with zero attached hydrogens (tertiary/aromatic N) is 2. The predicted molar refractivity (Wildman–Crippen MR) is 72.3 cm³/mol. The summed E-state index contributed by atoms with van der Waals surface area (Å²) in [6, 6.07) is 0.695. The van der Waals surface area contributed by atoms with Crippen molar-refractivity contribution >= 4 is 5.91 Å². The Hall–Kier alpha value is -0.650. The summed E-state index contributed by atoms with van der Waals surface area (Å²) in [5, 5.41) is 3.15. The minimum atomic E-state index is 0.181. The molecule has 1 aliphatic carbocycles. The van der Waals surface area contributed by atoms with Gasteiger partial charge in [0, 0.05) is 38.3 Å². The molecule has 2 aliphatic rings. The van der Waals surface area contributed by atoms with E-state index >= 15 is 0 Å². The van der Waals surface area contributed by atoms with Gasteiger partial charge in [-0.3, -0.25) is 9.69 Å². The third kappa shape index (κ3) is 4.23. The highest BCUT2D eigenvalue weighted by Gasteiger charge is 2.22. The summed E-state index contributed by atoms with van der Waals surface area (Å²) in [6.45, 7) is 4.67. The van der Waals surface area contributed by atoms with Crippen LogP contribution in [0.1, 0.15) is 25.7 Å². The maximum absolute atomic E-state index is 11.9. The van der Waals surface area contributed by atoms with Crippen LogP contribution in [-0.2, 0) is 4.79 Å². The zero-order chi connectivity index (χ0) is 13.0.